The summed E-state index contributed by atoms with van der Waals surface area (Å²) in [6.07, 6.45) is 4.37. The zero-order valence-electron chi connectivity index (χ0n) is 12.1. The number of nitrogens with one attached hydrogen (secondary N) is 1. The first kappa shape index (κ1) is 16.4. The molecule has 2 rings (SSSR count). The number of likely N-dealkylation sites (tertiary alicyclic amines) is 1. The second-order valence-electron chi connectivity index (χ2n) is 5.14. The Morgan fingerprint density at radius 2 is 2.32 bits per heavy atom. The van der Waals surface area contributed by atoms with Gasteiger partial charge in [-0.15, -0.1) is 12.4 Å². The van der Waals surface area contributed by atoms with E-state index in [0.29, 0.717) is 12.1 Å². The summed E-state index contributed by atoms with van der Waals surface area (Å²) < 4.78 is 5.44. The Hall–Kier alpha value is -0.650. The molecule has 19 heavy (non-hydrogen) atoms. The lowest BCUT2D eigenvalue weighted by atomic mass is 10.2. The van der Waals surface area contributed by atoms with Gasteiger partial charge in [-0.2, -0.15) is 4.98 Å². The summed E-state index contributed by atoms with van der Waals surface area (Å²) in [6.45, 7) is 6.61. The van der Waals surface area contributed by atoms with Crippen LogP contribution in [-0.2, 0) is 6.42 Å². The molecule has 0 radical (unpaired) electrons. The van der Waals surface area contributed by atoms with E-state index in [9.17, 15) is 0 Å². The van der Waals surface area contributed by atoms with Crippen molar-refractivity contribution in [1.29, 1.82) is 0 Å². The molecule has 1 aromatic rings. The Kier molecular flexibility index (Phi) is 6.75. The van der Waals surface area contributed by atoms with Gasteiger partial charge in [-0.3, -0.25) is 4.90 Å². The average Bonchev–Trinajstić information content (AvgIpc) is 2.98. The van der Waals surface area contributed by atoms with Crippen molar-refractivity contribution in [3.63, 3.8) is 0 Å². The molecule has 0 saturated carbocycles. The van der Waals surface area contributed by atoms with Gasteiger partial charge >= 0.3 is 0 Å². The Morgan fingerprint density at radius 3 is 3.00 bits per heavy atom. The fourth-order valence-corrected chi connectivity index (χ4v) is 2.52. The fraction of sp³-hybridized carbons (Fsp3) is 0.846. The summed E-state index contributed by atoms with van der Waals surface area (Å²) in [6, 6.07) is 0.724. The van der Waals surface area contributed by atoms with Crippen LogP contribution < -0.4 is 5.32 Å². The topological polar surface area (TPSA) is 54.2 Å². The molecule has 1 saturated heterocycles. The molecule has 110 valence electrons. The molecule has 1 aliphatic rings. The molecule has 0 spiro atoms. The Balaban J connectivity index is 0.00000180. The largest absolute Gasteiger partial charge is 0.338 e. The van der Waals surface area contributed by atoms with E-state index < -0.39 is 0 Å². The molecule has 1 fully saturated rings. The molecular formula is C13H25ClN4O. The van der Waals surface area contributed by atoms with Crippen LogP contribution in [0.2, 0.25) is 0 Å². The van der Waals surface area contributed by atoms with Crippen LogP contribution in [0.4, 0.5) is 0 Å². The maximum absolute atomic E-state index is 5.44. The first-order valence-corrected chi connectivity index (χ1v) is 6.98. The van der Waals surface area contributed by atoms with E-state index in [1.165, 1.54) is 12.8 Å². The van der Waals surface area contributed by atoms with Crippen molar-refractivity contribution in [2.24, 2.45) is 0 Å². The Bertz CT molecular complexity index is 371. The lowest BCUT2D eigenvalue weighted by Crippen LogP contribution is -2.25. The fourth-order valence-electron chi connectivity index (χ4n) is 2.52. The molecule has 2 unspecified atom stereocenters. The SMILES string of the molecule is CCCN1CCCC1c1nc(CC(C)NC)no1.Cl. The van der Waals surface area contributed by atoms with Crippen LogP contribution in [0.15, 0.2) is 4.52 Å². The number of likely N-dealkylation sites (N-methyl/N-ethyl adjacent to an activating group) is 1. The minimum Gasteiger partial charge on any atom is -0.338 e. The molecule has 0 aliphatic carbocycles. The summed E-state index contributed by atoms with van der Waals surface area (Å²) in [4.78, 5) is 7.01. The second kappa shape index (κ2) is 7.82. The van der Waals surface area contributed by atoms with Crippen molar-refractivity contribution >= 4 is 12.4 Å². The third-order valence-corrected chi connectivity index (χ3v) is 3.62. The molecule has 2 heterocycles. The molecule has 5 nitrogen and oxygen atoms in total. The van der Waals surface area contributed by atoms with E-state index >= 15 is 0 Å². The van der Waals surface area contributed by atoms with Crippen molar-refractivity contribution in [3.8, 4) is 0 Å². The number of hydrogen-bond donors (Lipinski definition) is 1. The highest BCUT2D eigenvalue weighted by Crippen LogP contribution is 2.30. The van der Waals surface area contributed by atoms with E-state index in [1.54, 1.807) is 0 Å². The van der Waals surface area contributed by atoms with Crippen molar-refractivity contribution < 1.29 is 4.52 Å². The van der Waals surface area contributed by atoms with Crippen LogP contribution in [0, 0.1) is 0 Å². The third-order valence-electron chi connectivity index (χ3n) is 3.62. The molecule has 0 bridgehead atoms. The smallest absolute Gasteiger partial charge is 0.243 e. The van der Waals surface area contributed by atoms with Gasteiger partial charge in [-0.1, -0.05) is 12.1 Å². The van der Waals surface area contributed by atoms with Crippen molar-refractivity contribution in [2.45, 2.75) is 51.6 Å². The minimum absolute atomic E-state index is 0. The lowest BCUT2D eigenvalue weighted by Gasteiger charge is -2.20. The summed E-state index contributed by atoms with van der Waals surface area (Å²) in [7, 11) is 1.95. The highest BCUT2D eigenvalue weighted by Gasteiger charge is 2.29. The zero-order chi connectivity index (χ0) is 13.0. The van der Waals surface area contributed by atoms with E-state index in [2.05, 4.69) is 34.2 Å². The van der Waals surface area contributed by atoms with E-state index in [0.717, 1.165) is 37.6 Å². The number of nitrogens with zero attached hydrogens (tertiary/aromatic N) is 3. The van der Waals surface area contributed by atoms with Crippen molar-refractivity contribution in [3.05, 3.63) is 11.7 Å². The van der Waals surface area contributed by atoms with E-state index in [1.807, 2.05) is 7.05 Å². The summed E-state index contributed by atoms with van der Waals surface area (Å²) in [5, 5.41) is 7.28. The van der Waals surface area contributed by atoms with Crippen LogP contribution in [0.25, 0.3) is 0 Å². The van der Waals surface area contributed by atoms with Gasteiger partial charge in [0.25, 0.3) is 0 Å². The van der Waals surface area contributed by atoms with Gasteiger partial charge in [0.2, 0.25) is 5.89 Å². The minimum atomic E-state index is 0. The third kappa shape index (κ3) is 4.16. The van der Waals surface area contributed by atoms with E-state index in [-0.39, 0.29) is 12.4 Å². The van der Waals surface area contributed by atoms with Crippen LogP contribution in [0.5, 0.6) is 0 Å². The molecule has 1 N–H and O–H groups in total. The number of aromatic nitrogens is 2. The predicted octanol–water partition coefficient (Wildman–Crippen LogP) is 2.19. The first-order chi connectivity index (χ1) is 8.74. The molecular weight excluding hydrogens is 264 g/mol. The number of halogens is 1. The summed E-state index contributed by atoms with van der Waals surface area (Å²) in [5.74, 6) is 1.62. The number of hydrogen-bond acceptors (Lipinski definition) is 5. The van der Waals surface area contributed by atoms with Gasteiger partial charge in [0.05, 0.1) is 6.04 Å². The Labute approximate surface area is 121 Å². The van der Waals surface area contributed by atoms with Crippen LogP contribution in [0.1, 0.15) is 50.9 Å². The van der Waals surface area contributed by atoms with Gasteiger partial charge in [0, 0.05) is 12.5 Å². The first-order valence-electron chi connectivity index (χ1n) is 6.98. The van der Waals surface area contributed by atoms with Gasteiger partial charge in [-0.05, 0) is 46.3 Å². The highest BCUT2D eigenvalue weighted by atomic mass is 35.5. The maximum Gasteiger partial charge on any atom is 0.243 e. The van der Waals surface area contributed by atoms with Crippen LogP contribution in [-0.4, -0.2) is 41.2 Å². The molecule has 0 amide bonds. The molecule has 1 aliphatic heterocycles. The van der Waals surface area contributed by atoms with Gasteiger partial charge in [0.15, 0.2) is 5.82 Å². The highest BCUT2D eigenvalue weighted by molar-refractivity contribution is 5.85. The van der Waals surface area contributed by atoms with Crippen molar-refractivity contribution in [1.82, 2.24) is 20.4 Å². The van der Waals surface area contributed by atoms with Gasteiger partial charge < -0.3 is 9.84 Å². The molecule has 6 heteroatoms. The standard InChI is InChI=1S/C13H24N4O.ClH/c1-4-7-17-8-5-6-11(17)13-15-12(16-18-13)9-10(2)14-3;/h10-11,14H,4-9H2,1-3H3;1H. The molecule has 1 aromatic heterocycles. The normalized spacial score (nSPS) is 21.3. The van der Waals surface area contributed by atoms with Gasteiger partial charge in [-0.25, -0.2) is 0 Å². The summed E-state index contributed by atoms with van der Waals surface area (Å²) >= 11 is 0. The summed E-state index contributed by atoms with van der Waals surface area (Å²) in [5.41, 5.74) is 0. The average molecular weight is 289 g/mol. The molecule has 0 aromatic carbocycles. The lowest BCUT2D eigenvalue weighted by molar-refractivity contribution is 0.208. The van der Waals surface area contributed by atoms with Crippen molar-refractivity contribution in [2.75, 3.05) is 20.1 Å². The van der Waals surface area contributed by atoms with Crippen LogP contribution in [0.3, 0.4) is 0 Å². The van der Waals surface area contributed by atoms with E-state index in [4.69, 9.17) is 4.52 Å². The van der Waals surface area contributed by atoms with Gasteiger partial charge in [0.1, 0.15) is 0 Å². The quantitative estimate of drug-likeness (QED) is 0.870. The van der Waals surface area contributed by atoms with Crippen LogP contribution >= 0.6 is 12.4 Å². The predicted molar refractivity (Wildman–Crippen MR) is 77.6 cm³/mol. The second-order valence-corrected chi connectivity index (χ2v) is 5.14. The maximum atomic E-state index is 5.44. The Morgan fingerprint density at radius 1 is 1.53 bits per heavy atom. The molecule has 2 atom stereocenters. The number of rotatable bonds is 6. The monoisotopic (exact) mass is 288 g/mol. The zero-order valence-corrected chi connectivity index (χ0v) is 12.9.